The number of imidazole rings is 1. The van der Waals surface area contributed by atoms with Crippen LogP contribution < -0.4 is 27.4 Å². The average Bonchev–Trinajstić information content (AvgIpc) is 3.55. The number of rotatable bonds is 14. The molecule has 0 aliphatic heterocycles. The highest BCUT2D eigenvalue weighted by Crippen LogP contribution is 2.18. The van der Waals surface area contributed by atoms with Crippen LogP contribution in [0.25, 0.3) is 10.9 Å². The van der Waals surface area contributed by atoms with Gasteiger partial charge in [0.15, 0.2) is 0 Å². The first-order chi connectivity index (χ1) is 19.0. The number of carboxylic acid groups (broad SMARTS) is 1. The van der Waals surface area contributed by atoms with Crippen LogP contribution in [0.15, 0.2) is 43.0 Å². The van der Waals surface area contributed by atoms with Crippen molar-refractivity contribution in [2.45, 2.75) is 56.5 Å². The number of aromatic nitrogens is 3. The average molecular weight is 557 g/mol. The van der Waals surface area contributed by atoms with Crippen molar-refractivity contribution in [3.63, 3.8) is 0 Å². The molecule has 40 heavy (non-hydrogen) atoms. The van der Waals surface area contributed by atoms with Gasteiger partial charge in [-0.15, -0.1) is 0 Å². The molecule has 0 aliphatic carbocycles. The number of hydrogen-bond donors (Lipinski definition) is 9. The molecule has 0 saturated heterocycles. The van der Waals surface area contributed by atoms with Crippen molar-refractivity contribution < 1.29 is 34.2 Å². The monoisotopic (exact) mass is 556 g/mol. The molecule has 214 valence electrons. The lowest BCUT2D eigenvalue weighted by atomic mass is 10.0. The number of primary amides is 1. The van der Waals surface area contributed by atoms with E-state index in [0.29, 0.717) is 5.69 Å². The molecular formula is C25H32N8O7. The second-order valence-corrected chi connectivity index (χ2v) is 9.31. The summed E-state index contributed by atoms with van der Waals surface area (Å²) in [6.45, 7) is 1.27. The number of carbonyl (C=O) groups is 5. The van der Waals surface area contributed by atoms with Gasteiger partial charge < -0.3 is 47.6 Å². The van der Waals surface area contributed by atoms with E-state index in [4.69, 9.17) is 11.5 Å². The fourth-order valence-corrected chi connectivity index (χ4v) is 4.06. The number of aromatic amines is 2. The van der Waals surface area contributed by atoms with Crippen molar-refractivity contribution >= 4 is 40.5 Å². The number of H-pyrrole nitrogens is 2. The molecule has 3 aromatic rings. The van der Waals surface area contributed by atoms with E-state index in [0.717, 1.165) is 16.5 Å². The highest BCUT2D eigenvalue weighted by molar-refractivity contribution is 5.95. The largest absolute Gasteiger partial charge is 0.480 e. The Kier molecular flexibility index (Phi) is 9.94. The number of aliphatic carboxylic acids is 1. The third kappa shape index (κ3) is 7.87. The number of hydrogen-bond acceptors (Lipinski definition) is 8. The summed E-state index contributed by atoms with van der Waals surface area (Å²) in [5, 5.41) is 27.5. The Morgan fingerprint density at radius 3 is 2.30 bits per heavy atom. The topological polar surface area (TPSA) is 258 Å². The van der Waals surface area contributed by atoms with E-state index in [1.54, 1.807) is 6.20 Å². The Morgan fingerprint density at radius 2 is 1.68 bits per heavy atom. The first kappa shape index (κ1) is 29.8. The molecule has 15 nitrogen and oxygen atoms in total. The normalized spacial score (nSPS) is 14.9. The summed E-state index contributed by atoms with van der Waals surface area (Å²) in [5.74, 6) is -5.04. The highest BCUT2D eigenvalue weighted by Gasteiger charge is 2.33. The summed E-state index contributed by atoms with van der Waals surface area (Å²) in [6, 6.07) is 1.88. The van der Waals surface area contributed by atoms with Crippen LogP contribution in [0, 0.1) is 0 Å². The van der Waals surface area contributed by atoms with Gasteiger partial charge in [-0.2, -0.15) is 0 Å². The first-order valence-electron chi connectivity index (χ1n) is 12.3. The quantitative estimate of drug-likeness (QED) is 0.104. The van der Waals surface area contributed by atoms with E-state index in [-0.39, 0.29) is 12.8 Å². The summed E-state index contributed by atoms with van der Waals surface area (Å²) < 4.78 is 0. The second kappa shape index (κ2) is 13.3. The number of nitrogens with zero attached hydrogens (tertiary/aromatic N) is 1. The van der Waals surface area contributed by atoms with Crippen LogP contribution in [0.4, 0.5) is 0 Å². The van der Waals surface area contributed by atoms with Crippen molar-refractivity contribution in [1.82, 2.24) is 30.9 Å². The van der Waals surface area contributed by atoms with Crippen molar-refractivity contribution in [3.8, 4) is 0 Å². The van der Waals surface area contributed by atoms with E-state index < -0.39 is 66.3 Å². The van der Waals surface area contributed by atoms with Crippen LogP contribution in [0.5, 0.6) is 0 Å². The Bertz CT molecular complexity index is 1350. The van der Waals surface area contributed by atoms with Gasteiger partial charge in [-0.3, -0.25) is 19.2 Å². The van der Waals surface area contributed by atoms with Gasteiger partial charge in [-0.05, 0) is 25.0 Å². The fourth-order valence-electron chi connectivity index (χ4n) is 4.06. The van der Waals surface area contributed by atoms with E-state index >= 15 is 0 Å². The predicted octanol–water partition coefficient (Wildman–Crippen LogP) is -2.20. The number of aliphatic hydroxyl groups excluding tert-OH is 1. The minimum atomic E-state index is -1.64. The van der Waals surface area contributed by atoms with E-state index in [2.05, 4.69) is 30.9 Å². The lowest BCUT2D eigenvalue weighted by molar-refractivity contribution is -0.143. The van der Waals surface area contributed by atoms with Gasteiger partial charge in [0.1, 0.15) is 18.1 Å². The third-order valence-electron chi connectivity index (χ3n) is 6.15. The number of fused-ring (bicyclic) bond motifs is 1. The highest BCUT2D eigenvalue weighted by atomic mass is 16.4. The Labute approximate surface area is 228 Å². The van der Waals surface area contributed by atoms with Gasteiger partial charge in [0.2, 0.25) is 23.6 Å². The summed E-state index contributed by atoms with van der Waals surface area (Å²) in [7, 11) is 0. The minimum Gasteiger partial charge on any atom is -0.480 e. The summed E-state index contributed by atoms with van der Waals surface area (Å²) in [5.41, 5.74) is 13.2. The number of para-hydroxylation sites is 1. The molecule has 2 aromatic heterocycles. The number of carbonyl (C=O) groups excluding carboxylic acids is 4. The third-order valence-corrected chi connectivity index (χ3v) is 6.15. The lowest BCUT2D eigenvalue weighted by Gasteiger charge is -2.26. The molecule has 1 aromatic carbocycles. The summed E-state index contributed by atoms with van der Waals surface area (Å²) in [4.78, 5) is 71.4. The molecule has 5 atom stereocenters. The van der Waals surface area contributed by atoms with Gasteiger partial charge in [0.25, 0.3) is 0 Å². The molecule has 0 fully saturated rings. The van der Waals surface area contributed by atoms with Gasteiger partial charge in [0.05, 0.1) is 24.9 Å². The molecule has 0 spiro atoms. The van der Waals surface area contributed by atoms with Crippen LogP contribution in [-0.4, -0.2) is 85.0 Å². The molecule has 4 amide bonds. The maximum Gasteiger partial charge on any atom is 0.326 e. The Hall–Kier alpha value is -4.76. The maximum atomic E-state index is 13.1. The molecule has 0 bridgehead atoms. The summed E-state index contributed by atoms with van der Waals surface area (Å²) in [6.07, 6.45) is 2.40. The smallest absolute Gasteiger partial charge is 0.326 e. The van der Waals surface area contributed by atoms with Gasteiger partial charge in [0, 0.05) is 35.4 Å². The van der Waals surface area contributed by atoms with Crippen LogP contribution in [0.2, 0.25) is 0 Å². The Balaban J connectivity index is 1.71. The fraction of sp³-hybridized carbons (Fsp3) is 0.360. The van der Waals surface area contributed by atoms with E-state index in [1.807, 2.05) is 24.3 Å². The van der Waals surface area contributed by atoms with Gasteiger partial charge in [-0.1, -0.05) is 18.2 Å². The second-order valence-electron chi connectivity index (χ2n) is 9.31. The number of amides is 4. The molecule has 15 heteroatoms. The van der Waals surface area contributed by atoms with Gasteiger partial charge in [-0.25, -0.2) is 9.78 Å². The Morgan fingerprint density at radius 1 is 0.975 bits per heavy atom. The maximum absolute atomic E-state index is 13.1. The first-order valence-corrected chi connectivity index (χ1v) is 12.3. The van der Waals surface area contributed by atoms with Crippen molar-refractivity contribution in [2.75, 3.05) is 0 Å². The SMILES string of the molecule is CC(O)C(NC(=O)C(N)Cc1c[nH]c2ccccc12)C(=O)NC(Cc1cnc[nH]1)C(=O)NC(CC(N)=O)C(=O)O. The number of nitrogens with two attached hydrogens (primary N) is 2. The number of benzene rings is 1. The van der Waals surface area contributed by atoms with Crippen LogP contribution >= 0.6 is 0 Å². The predicted molar refractivity (Wildman–Crippen MR) is 141 cm³/mol. The number of carboxylic acids is 1. The molecular weight excluding hydrogens is 524 g/mol. The van der Waals surface area contributed by atoms with Gasteiger partial charge >= 0.3 is 5.97 Å². The zero-order valence-electron chi connectivity index (χ0n) is 21.6. The molecule has 0 radical (unpaired) electrons. The van der Waals surface area contributed by atoms with E-state index in [1.165, 1.54) is 19.4 Å². The lowest BCUT2D eigenvalue weighted by Crippen LogP contribution is -2.60. The molecule has 11 N–H and O–H groups in total. The molecule has 5 unspecified atom stereocenters. The van der Waals surface area contributed by atoms with Crippen LogP contribution in [0.1, 0.15) is 24.6 Å². The van der Waals surface area contributed by atoms with Crippen LogP contribution in [0.3, 0.4) is 0 Å². The number of nitrogens with one attached hydrogen (secondary N) is 5. The van der Waals surface area contributed by atoms with Crippen molar-refractivity contribution in [2.24, 2.45) is 11.5 Å². The zero-order valence-corrected chi connectivity index (χ0v) is 21.6. The molecule has 0 aliphatic rings. The van der Waals surface area contributed by atoms with Crippen LogP contribution in [-0.2, 0) is 36.8 Å². The molecule has 0 saturated carbocycles. The standard InChI is InChI=1S/C25H32N8O7/c1-12(34)21(33-22(36)16(26)6-13-9-29-17-5-3-2-4-15(13)17)24(38)31-18(7-14-10-28-11-30-14)23(37)32-19(25(39)40)8-20(27)35/h2-5,9-12,16,18-19,21,29,34H,6-8,26H2,1H3,(H2,27,35)(H,28,30)(H,31,38)(H,32,37)(H,33,36)(H,39,40). The van der Waals surface area contributed by atoms with E-state index in [9.17, 15) is 34.2 Å². The number of aliphatic hydroxyl groups is 1. The molecule has 2 heterocycles. The minimum absolute atomic E-state index is 0.144. The molecule has 3 rings (SSSR count). The zero-order chi connectivity index (χ0) is 29.4. The summed E-state index contributed by atoms with van der Waals surface area (Å²) >= 11 is 0. The van der Waals surface area contributed by atoms with Crippen molar-refractivity contribution in [1.29, 1.82) is 0 Å². The van der Waals surface area contributed by atoms with Crippen molar-refractivity contribution in [3.05, 3.63) is 54.2 Å².